The van der Waals surface area contributed by atoms with Gasteiger partial charge in [-0.15, -0.1) is 0 Å². The normalized spacial score (nSPS) is 13.3. The summed E-state index contributed by atoms with van der Waals surface area (Å²) in [6.07, 6.45) is 0. The number of nitrogens with zero attached hydrogens (tertiary/aromatic N) is 1. The molecule has 4 rings (SSSR count). The average molecular weight is 447 g/mol. The molecule has 1 aliphatic heterocycles. The van der Waals surface area contributed by atoms with Gasteiger partial charge in [-0.2, -0.15) is 0 Å². The highest BCUT2D eigenvalue weighted by Gasteiger charge is 2.18. The fraction of sp³-hybridized carbons (Fsp3) is 0.231. The molecule has 0 radical (unpaired) electrons. The quantitative estimate of drug-likeness (QED) is 0.532. The Morgan fingerprint density at radius 3 is 1.97 bits per heavy atom. The number of hydrogen-bond acceptors (Lipinski definition) is 5. The van der Waals surface area contributed by atoms with Crippen molar-refractivity contribution < 1.29 is 23.8 Å². The highest BCUT2D eigenvalue weighted by Crippen LogP contribution is 2.16. The average Bonchev–Trinajstić information content (AvgIpc) is 2.88. The lowest BCUT2D eigenvalue weighted by molar-refractivity contribution is 0.0303. The Morgan fingerprint density at radius 1 is 0.758 bits per heavy atom. The van der Waals surface area contributed by atoms with E-state index in [2.05, 4.69) is 5.32 Å². The number of morpholine rings is 1. The third-order valence-corrected chi connectivity index (χ3v) is 5.17. The number of ether oxygens (including phenoxy) is 3. The lowest BCUT2D eigenvalue weighted by Gasteiger charge is -2.26. The van der Waals surface area contributed by atoms with Gasteiger partial charge in [0.05, 0.1) is 13.2 Å². The van der Waals surface area contributed by atoms with Gasteiger partial charge in [-0.05, 0) is 60.7 Å². The van der Waals surface area contributed by atoms with E-state index in [-0.39, 0.29) is 11.8 Å². The van der Waals surface area contributed by atoms with Crippen LogP contribution >= 0.6 is 0 Å². The molecular formula is C26H26N2O5. The number of benzene rings is 3. The summed E-state index contributed by atoms with van der Waals surface area (Å²) in [6.45, 7) is 3.14. The van der Waals surface area contributed by atoms with Crippen LogP contribution in [0.15, 0.2) is 78.9 Å². The Kier molecular flexibility index (Phi) is 7.56. The monoisotopic (exact) mass is 446 g/mol. The van der Waals surface area contributed by atoms with E-state index in [1.54, 1.807) is 53.4 Å². The lowest BCUT2D eigenvalue weighted by atomic mass is 10.1. The molecule has 3 aromatic rings. The van der Waals surface area contributed by atoms with E-state index >= 15 is 0 Å². The van der Waals surface area contributed by atoms with E-state index in [4.69, 9.17) is 14.2 Å². The summed E-state index contributed by atoms with van der Waals surface area (Å²) in [6, 6.07) is 23.4. The summed E-state index contributed by atoms with van der Waals surface area (Å²) in [5.41, 5.74) is 1.72. The van der Waals surface area contributed by atoms with Gasteiger partial charge in [-0.3, -0.25) is 9.59 Å². The van der Waals surface area contributed by atoms with Crippen LogP contribution in [-0.2, 0) is 4.74 Å². The Hall–Kier alpha value is -3.84. The van der Waals surface area contributed by atoms with E-state index in [9.17, 15) is 9.59 Å². The maximum Gasteiger partial charge on any atom is 0.255 e. The van der Waals surface area contributed by atoms with Crippen molar-refractivity contribution in [2.75, 3.05) is 44.8 Å². The molecule has 0 atom stereocenters. The predicted octanol–water partition coefficient (Wildman–Crippen LogP) is 3.87. The van der Waals surface area contributed by atoms with Crippen LogP contribution in [0.25, 0.3) is 0 Å². The Labute approximate surface area is 192 Å². The zero-order chi connectivity index (χ0) is 22.9. The van der Waals surface area contributed by atoms with Crippen LogP contribution in [0.3, 0.4) is 0 Å². The maximum atomic E-state index is 12.5. The number of nitrogens with one attached hydrogen (secondary N) is 1. The van der Waals surface area contributed by atoms with Gasteiger partial charge in [0.2, 0.25) is 0 Å². The third kappa shape index (κ3) is 6.33. The Bertz CT molecular complexity index is 1050. The molecule has 33 heavy (non-hydrogen) atoms. The molecule has 1 saturated heterocycles. The second-order valence-corrected chi connectivity index (χ2v) is 7.47. The maximum absolute atomic E-state index is 12.5. The number of para-hydroxylation sites is 1. The van der Waals surface area contributed by atoms with Crippen molar-refractivity contribution in [1.29, 1.82) is 0 Å². The van der Waals surface area contributed by atoms with Gasteiger partial charge in [-0.25, -0.2) is 0 Å². The van der Waals surface area contributed by atoms with E-state index in [0.717, 1.165) is 5.75 Å². The number of carbonyl (C=O) groups excluding carboxylic acids is 2. The van der Waals surface area contributed by atoms with Crippen LogP contribution in [0.1, 0.15) is 20.7 Å². The molecule has 0 aromatic heterocycles. The minimum Gasteiger partial charge on any atom is -0.490 e. The molecule has 1 N–H and O–H groups in total. The minimum absolute atomic E-state index is 0.0269. The lowest BCUT2D eigenvalue weighted by Crippen LogP contribution is -2.40. The van der Waals surface area contributed by atoms with E-state index in [1.807, 2.05) is 30.3 Å². The third-order valence-electron chi connectivity index (χ3n) is 5.17. The highest BCUT2D eigenvalue weighted by atomic mass is 16.5. The number of carbonyl (C=O) groups is 2. The summed E-state index contributed by atoms with van der Waals surface area (Å²) < 4.78 is 16.5. The molecule has 0 aliphatic carbocycles. The Balaban J connectivity index is 1.24. The SMILES string of the molecule is O=C(Nc1ccc(C(=O)N2CCOCC2)cc1)c1ccc(OCCOc2ccccc2)cc1. The van der Waals surface area contributed by atoms with Crippen LogP contribution in [0.5, 0.6) is 11.5 Å². The molecular weight excluding hydrogens is 420 g/mol. The van der Waals surface area contributed by atoms with E-state index in [1.165, 1.54) is 0 Å². The molecule has 170 valence electrons. The van der Waals surface area contributed by atoms with Gasteiger partial charge in [-0.1, -0.05) is 18.2 Å². The van der Waals surface area contributed by atoms with Gasteiger partial charge >= 0.3 is 0 Å². The zero-order valence-electron chi connectivity index (χ0n) is 18.2. The summed E-state index contributed by atoms with van der Waals surface area (Å²) in [7, 11) is 0. The minimum atomic E-state index is -0.235. The molecule has 1 fully saturated rings. The molecule has 1 heterocycles. The van der Waals surface area contributed by atoms with Crippen molar-refractivity contribution in [3.63, 3.8) is 0 Å². The number of anilines is 1. The fourth-order valence-corrected chi connectivity index (χ4v) is 3.39. The van der Waals surface area contributed by atoms with Gasteiger partial charge < -0.3 is 24.4 Å². The number of amides is 2. The standard InChI is InChI=1S/C26H26N2O5/c29-25(27-22-10-6-21(7-11-22)26(30)28-14-16-31-17-15-28)20-8-12-24(13-9-20)33-19-18-32-23-4-2-1-3-5-23/h1-13H,14-19H2,(H,27,29). The highest BCUT2D eigenvalue weighted by molar-refractivity contribution is 6.04. The summed E-state index contributed by atoms with van der Waals surface area (Å²) in [4.78, 5) is 26.8. The number of hydrogen-bond donors (Lipinski definition) is 1. The Morgan fingerprint density at radius 2 is 1.33 bits per heavy atom. The van der Waals surface area contributed by atoms with Crippen molar-refractivity contribution in [2.45, 2.75) is 0 Å². The number of rotatable bonds is 8. The van der Waals surface area contributed by atoms with Crippen molar-refractivity contribution in [2.24, 2.45) is 0 Å². The molecule has 1 aliphatic rings. The van der Waals surface area contributed by atoms with Gasteiger partial charge in [0.25, 0.3) is 11.8 Å². The zero-order valence-corrected chi connectivity index (χ0v) is 18.2. The van der Waals surface area contributed by atoms with Crippen molar-refractivity contribution in [3.05, 3.63) is 90.0 Å². The molecule has 0 saturated carbocycles. The first kappa shape index (κ1) is 22.4. The largest absolute Gasteiger partial charge is 0.490 e. The second kappa shape index (κ2) is 11.2. The van der Waals surface area contributed by atoms with Crippen LogP contribution in [0.4, 0.5) is 5.69 Å². The summed E-state index contributed by atoms with van der Waals surface area (Å²) in [5.74, 6) is 1.20. The van der Waals surface area contributed by atoms with Crippen molar-refractivity contribution in [1.82, 2.24) is 4.90 Å². The van der Waals surface area contributed by atoms with Gasteiger partial charge in [0, 0.05) is 29.9 Å². The first-order valence-corrected chi connectivity index (χ1v) is 10.9. The molecule has 7 nitrogen and oxygen atoms in total. The van der Waals surface area contributed by atoms with Gasteiger partial charge in [0.1, 0.15) is 24.7 Å². The van der Waals surface area contributed by atoms with Crippen LogP contribution in [-0.4, -0.2) is 56.2 Å². The van der Waals surface area contributed by atoms with E-state index < -0.39 is 0 Å². The van der Waals surface area contributed by atoms with Crippen molar-refractivity contribution >= 4 is 17.5 Å². The van der Waals surface area contributed by atoms with Crippen LogP contribution in [0, 0.1) is 0 Å². The molecule has 0 spiro atoms. The van der Waals surface area contributed by atoms with E-state index in [0.29, 0.717) is 62.1 Å². The first-order chi connectivity index (χ1) is 16.2. The molecule has 7 heteroatoms. The summed E-state index contributed by atoms with van der Waals surface area (Å²) in [5, 5.41) is 2.85. The van der Waals surface area contributed by atoms with Crippen molar-refractivity contribution in [3.8, 4) is 11.5 Å². The topological polar surface area (TPSA) is 77.1 Å². The smallest absolute Gasteiger partial charge is 0.255 e. The van der Waals surface area contributed by atoms with Crippen LogP contribution in [0.2, 0.25) is 0 Å². The van der Waals surface area contributed by atoms with Gasteiger partial charge in [0.15, 0.2) is 0 Å². The van der Waals surface area contributed by atoms with Crippen LogP contribution < -0.4 is 14.8 Å². The first-order valence-electron chi connectivity index (χ1n) is 10.9. The molecule has 3 aromatic carbocycles. The molecule has 0 unspecified atom stereocenters. The molecule has 2 amide bonds. The molecule has 0 bridgehead atoms. The summed E-state index contributed by atoms with van der Waals surface area (Å²) >= 11 is 0. The predicted molar refractivity (Wildman–Crippen MR) is 125 cm³/mol. The fourth-order valence-electron chi connectivity index (χ4n) is 3.39. The second-order valence-electron chi connectivity index (χ2n) is 7.47.